The van der Waals surface area contributed by atoms with Crippen LogP contribution in [0.1, 0.15) is 22.8 Å². The molecule has 2 aromatic rings. The number of benzene rings is 2. The van der Waals surface area contributed by atoms with Crippen LogP contribution in [-0.2, 0) is 14.8 Å². The third-order valence-electron chi connectivity index (χ3n) is 3.77. The minimum absolute atomic E-state index is 0.0536. The van der Waals surface area contributed by atoms with Crippen LogP contribution in [-0.4, -0.2) is 27.5 Å². The third kappa shape index (κ3) is 4.08. The van der Waals surface area contributed by atoms with Crippen molar-refractivity contribution in [1.29, 1.82) is 0 Å². The fourth-order valence-electron chi connectivity index (χ4n) is 2.50. The zero-order valence-electron chi connectivity index (χ0n) is 14.6. The van der Waals surface area contributed by atoms with E-state index < -0.39 is 16.0 Å². The van der Waals surface area contributed by atoms with Crippen LogP contribution in [0.15, 0.2) is 60.0 Å². The van der Waals surface area contributed by atoms with Crippen LogP contribution in [0.5, 0.6) is 0 Å². The van der Waals surface area contributed by atoms with Gasteiger partial charge in [0.1, 0.15) is 0 Å². The summed E-state index contributed by atoms with van der Waals surface area (Å²) in [6, 6.07) is 10.8. The molecule has 0 saturated carbocycles. The number of nitrogens with zero attached hydrogens (tertiary/aromatic N) is 1. The van der Waals surface area contributed by atoms with Gasteiger partial charge in [-0.2, -0.15) is 0 Å². The molecule has 5 nitrogen and oxygen atoms in total. The summed E-state index contributed by atoms with van der Waals surface area (Å²) in [6.45, 7) is 7.34. The maximum atomic E-state index is 13.1. The fourth-order valence-corrected chi connectivity index (χ4v) is 4.12. The van der Waals surface area contributed by atoms with Gasteiger partial charge in [-0.3, -0.25) is 4.31 Å². The van der Waals surface area contributed by atoms with Crippen LogP contribution in [0.3, 0.4) is 0 Å². The maximum absolute atomic E-state index is 13.1. The van der Waals surface area contributed by atoms with Gasteiger partial charge in [0.2, 0.25) is 0 Å². The van der Waals surface area contributed by atoms with Crippen LogP contribution >= 0.6 is 11.6 Å². The Morgan fingerprint density at radius 3 is 2.46 bits per heavy atom. The lowest BCUT2D eigenvalue weighted by Gasteiger charge is -2.25. The second-order valence-corrected chi connectivity index (χ2v) is 7.75. The summed E-state index contributed by atoms with van der Waals surface area (Å²) in [4.78, 5) is 12.2. The minimum atomic E-state index is -3.86. The first-order chi connectivity index (χ1) is 12.3. The van der Waals surface area contributed by atoms with Gasteiger partial charge in [0.15, 0.2) is 0 Å². The Labute approximate surface area is 158 Å². The van der Waals surface area contributed by atoms with Crippen molar-refractivity contribution < 1.29 is 17.9 Å². The number of esters is 1. The monoisotopic (exact) mass is 393 g/mol. The third-order valence-corrected chi connectivity index (χ3v) is 5.81. The summed E-state index contributed by atoms with van der Waals surface area (Å²) in [5.41, 5.74) is 1.24. The van der Waals surface area contributed by atoms with Crippen molar-refractivity contribution in [3.8, 4) is 0 Å². The number of hydrogen-bond donors (Lipinski definition) is 0. The lowest BCUT2D eigenvalue weighted by Crippen LogP contribution is -2.32. The molecule has 0 bridgehead atoms. The smallest absolute Gasteiger partial charge is 0.338 e. The molecule has 7 heteroatoms. The van der Waals surface area contributed by atoms with E-state index in [0.29, 0.717) is 21.8 Å². The highest BCUT2D eigenvalue weighted by molar-refractivity contribution is 7.92. The largest absolute Gasteiger partial charge is 0.462 e. The Morgan fingerprint density at radius 2 is 1.88 bits per heavy atom. The van der Waals surface area contributed by atoms with Gasteiger partial charge in [-0.1, -0.05) is 23.7 Å². The Balaban J connectivity index is 2.57. The molecule has 138 valence electrons. The van der Waals surface area contributed by atoms with Gasteiger partial charge in [0.25, 0.3) is 10.0 Å². The van der Waals surface area contributed by atoms with Gasteiger partial charge in [0.05, 0.1) is 29.3 Å². The number of sulfonamides is 1. The van der Waals surface area contributed by atoms with Crippen molar-refractivity contribution in [3.63, 3.8) is 0 Å². The molecule has 0 spiro atoms. The van der Waals surface area contributed by atoms with Crippen molar-refractivity contribution in [3.05, 3.63) is 71.3 Å². The predicted molar refractivity (Wildman–Crippen MR) is 103 cm³/mol. The number of carbonyl (C=O) groups is 1. The van der Waals surface area contributed by atoms with E-state index in [1.807, 2.05) is 0 Å². The molecule has 0 aliphatic heterocycles. The maximum Gasteiger partial charge on any atom is 0.338 e. The zero-order valence-corrected chi connectivity index (χ0v) is 16.2. The molecular formula is C19H20ClNO4S. The molecular weight excluding hydrogens is 374 g/mol. The first kappa shape index (κ1) is 20.0. The van der Waals surface area contributed by atoms with Crippen molar-refractivity contribution in [2.24, 2.45) is 0 Å². The number of hydrogen-bond acceptors (Lipinski definition) is 4. The second kappa shape index (κ2) is 8.38. The number of ether oxygens (including phenoxy) is 1. The predicted octanol–water partition coefficient (Wildman–Crippen LogP) is 4.21. The molecule has 2 aromatic carbocycles. The molecule has 0 radical (unpaired) electrons. The van der Waals surface area contributed by atoms with E-state index >= 15 is 0 Å². The molecule has 26 heavy (non-hydrogen) atoms. The van der Waals surface area contributed by atoms with Gasteiger partial charge in [-0.25, -0.2) is 13.2 Å². The van der Waals surface area contributed by atoms with Crippen LogP contribution < -0.4 is 4.31 Å². The molecule has 0 unspecified atom stereocenters. The number of anilines is 1. The fraction of sp³-hybridized carbons (Fsp3) is 0.211. The van der Waals surface area contributed by atoms with Gasteiger partial charge in [0, 0.05) is 5.02 Å². The highest BCUT2D eigenvalue weighted by atomic mass is 35.5. The molecule has 0 fully saturated rings. The summed E-state index contributed by atoms with van der Waals surface area (Å²) in [6.07, 6.45) is 1.49. The molecule has 0 aliphatic carbocycles. The van der Waals surface area contributed by atoms with Crippen molar-refractivity contribution >= 4 is 33.3 Å². The molecule has 0 saturated heterocycles. The molecule has 0 amide bonds. The van der Waals surface area contributed by atoms with Crippen molar-refractivity contribution in [2.45, 2.75) is 18.7 Å². The van der Waals surface area contributed by atoms with E-state index in [9.17, 15) is 13.2 Å². The van der Waals surface area contributed by atoms with E-state index in [-0.39, 0.29) is 18.0 Å². The molecule has 0 aliphatic rings. The van der Waals surface area contributed by atoms with Gasteiger partial charge >= 0.3 is 5.97 Å². The van der Waals surface area contributed by atoms with E-state index in [2.05, 4.69) is 6.58 Å². The second-order valence-electron chi connectivity index (χ2n) is 5.45. The quantitative estimate of drug-likeness (QED) is 0.522. The Kier molecular flexibility index (Phi) is 6.45. The summed E-state index contributed by atoms with van der Waals surface area (Å²) in [5.74, 6) is -0.491. The van der Waals surface area contributed by atoms with Crippen molar-refractivity contribution in [1.82, 2.24) is 0 Å². The van der Waals surface area contributed by atoms with E-state index in [1.165, 1.54) is 34.6 Å². The van der Waals surface area contributed by atoms with Gasteiger partial charge < -0.3 is 4.74 Å². The Hall–Kier alpha value is -2.31. The molecule has 0 aromatic heterocycles. The van der Waals surface area contributed by atoms with E-state index in [1.54, 1.807) is 32.0 Å². The topological polar surface area (TPSA) is 63.7 Å². The number of rotatable bonds is 7. The number of carbonyl (C=O) groups excluding carboxylic acids is 1. The van der Waals surface area contributed by atoms with Crippen LogP contribution in [0.4, 0.5) is 5.69 Å². The lowest BCUT2D eigenvalue weighted by atomic mass is 10.1. The highest BCUT2D eigenvalue weighted by Crippen LogP contribution is 2.29. The lowest BCUT2D eigenvalue weighted by molar-refractivity contribution is 0.0525. The minimum Gasteiger partial charge on any atom is -0.462 e. The summed E-state index contributed by atoms with van der Waals surface area (Å²) in [5, 5.41) is 0.444. The summed E-state index contributed by atoms with van der Waals surface area (Å²) < 4.78 is 32.5. The standard InChI is InChI=1S/C19H20ClNO4S/c1-4-13-21(26(23,24)16-11-9-15(20)10-12-16)18-8-6-7-17(14(18)3)19(22)25-5-2/h4,6-12H,1,5,13H2,2-3H3. The summed E-state index contributed by atoms with van der Waals surface area (Å²) in [7, 11) is -3.86. The van der Waals surface area contributed by atoms with Crippen LogP contribution in [0.25, 0.3) is 0 Å². The van der Waals surface area contributed by atoms with E-state index in [4.69, 9.17) is 16.3 Å². The molecule has 2 rings (SSSR count). The number of halogens is 1. The molecule has 0 heterocycles. The molecule has 0 atom stereocenters. The summed E-state index contributed by atoms with van der Waals surface area (Å²) >= 11 is 5.85. The average molecular weight is 394 g/mol. The normalized spacial score (nSPS) is 11.0. The zero-order chi connectivity index (χ0) is 19.3. The Morgan fingerprint density at radius 1 is 1.23 bits per heavy atom. The first-order valence-electron chi connectivity index (χ1n) is 7.98. The van der Waals surface area contributed by atoms with Crippen molar-refractivity contribution in [2.75, 3.05) is 17.5 Å². The van der Waals surface area contributed by atoms with Crippen LogP contribution in [0, 0.1) is 6.92 Å². The average Bonchev–Trinajstić information content (AvgIpc) is 2.60. The Bertz CT molecular complexity index is 908. The molecule has 0 N–H and O–H groups in total. The van der Waals surface area contributed by atoms with Gasteiger partial charge in [-0.15, -0.1) is 6.58 Å². The van der Waals surface area contributed by atoms with Crippen LogP contribution in [0.2, 0.25) is 5.02 Å². The highest BCUT2D eigenvalue weighted by Gasteiger charge is 2.26. The SMILES string of the molecule is C=CCN(c1cccc(C(=O)OCC)c1C)S(=O)(=O)c1ccc(Cl)cc1. The van der Waals surface area contributed by atoms with Gasteiger partial charge in [-0.05, 0) is 55.8 Å². The van der Waals surface area contributed by atoms with E-state index in [0.717, 1.165) is 0 Å². The first-order valence-corrected chi connectivity index (χ1v) is 9.80.